The van der Waals surface area contributed by atoms with Gasteiger partial charge in [0.1, 0.15) is 11.4 Å². The molecule has 0 unspecified atom stereocenters. The highest BCUT2D eigenvalue weighted by Crippen LogP contribution is 2.38. The molecule has 8 heteroatoms. The molecule has 0 saturated heterocycles. The molecule has 1 amide bonds. The number of aliphatic hydroxyl groups is 1. The molecule has 0 fully saturated rings. The Balaban J connectivity index is 2.30. The maximum atomic E-state index is 12.4. The van der Waals surface area contributed by atoms with Crippen molar-refractivity contribution in [3.63, 3.8) is 0 Å². The molecule has 7 nitrogen and oxygen atoms in total. The lowest BCUT2D eigenvalue weighted by molar-refractivity contribution is 0.0622. The predicted molar refractivity (Wildman–Crippen MR) is 88.6 cm³/mol. The molecule has 0 saturated carbocycles. The average molecular weight is 330 g/mol. The molecule has 0 aromatic heterocycles. The number of carbonyl (C=O) groups excluding carboxylic acids is 3. The largest absolute Gasteiger partial charge is 0.487 e. The van der Waals surface area contributed by atoms with Gasteiger partial charge in [0.05, 0.1) is 30.3 Å². The fourth-order valence-electron chi connectivity index (χ4n) is 2.72. The fraction of sp³-hybridized carbons (Fsp3) is 0.438. The van der Waals surface area contributed by atoms with Crippen LogP contribution in [0.1, 0.15) is 47.4 Å². The summed E-state index contributed by atoms with van der Waals surface area (Å²) >= 11 is 0. The number of fused-ring (bicyclic) bond motifs is 1. The maximum absolute atomic E-state index is 12.4. The van der Waals surface area contributed by atoms with Crippen molar-refractivity contribution in [2.45, 2.75) is 38.3 Å². The number of amides is 1. The highest BCUT2D eigenvalue weighted by atomic mass is 16.5. The van der Waals surface area contributed by atoms with Crippen LogP contribution in [0.15, 0.2) is 12.1 Å². The first-order valence-corrected chi connectivity index (χ1v) is 7.49. The summed E-state index contributed by atoms with van der Waals surface area (Å²) in [4.78, 5) is 35.6. The third-order valence-corrected chi connectivity index (χ3v) is 3.76. The molecule has 0 spiro atoms. The first-order valence-electron chi connectivity index (χ1n) is 7.49. The van der Waals surface area contributed by atoms with Crippen molar-refractivity contribution in [3.05, 3.63) is 23.3 Å². The van der Waals surface area contributed by atoms with E-state index in [-0.39, 0.29) is 35.4 Å². The second kappa shape index (κ2) is 6.64. The monoisotopic (exact) mass is 330 g/mol. The topological polar surface area (TPSA) is 119 Å². The average Bonchev–Trinajstić information content (AvgIpc) is 2.44. The summed E-state index contributed by atoms with van der Waals surface area (Å²) in [5.74, 6) is -1.10. The fourth-order valence-corrected chi connectivity index (χ4v) is 2.72. The highest BCUT2D eigenvalue weighted by molar-refractivity contribution is 6.57. The standard InChI is InChI=1S/C16H19BN2O5/c1-16(2)6-11(22)13-12(24-16)4-3-9(14(13)18)10(21)5-8(7-20)19-15(17)23/h3-4,8,20H,5-7,18H2,1-2H3,(H,19,23)/t8-/m1/s1. The second-order valence-electron chi connectivity index (χ2n) is 6.38. The molecule has 24 heavy (non-hydrogen) atoms. The van der Waals surface area contributed by atoms with E-state index in [1.165, 1.54) is 12.1 Å². The van der Waals surface area contributed by atoms with E-state index >= 15 is 0 Å². The van der Waals surface area contributed by atoms with Crippen molar-refractivity contribution >= 4 is 30.9 Å². The van der Waals surface area contributed by atoms with E-state index in [2.05, 4.69) is 5.32 Å². The normalized spacial score (nSPS) is 16.7. The molecule has 4 N–H and O–H groups in total. The van der Waals surface area contributed by atoms with Crippen LogP contribution in [0.4, 0.5) is 10.5 Å². The molecule has 1 heterocycles. The van der Waals surface area contributed by atoms with Crippen molar-refractivity contribution in [1.29, 1.82) is 0 Å². The van der Waals surface area contributed by atoms with Crippen LogP contribution in [0.3, 0.4) is 0 Å². The van der Waals surface area contributed by atoms with Crippen molar-refractivity contribution in [3.8, 4) is 5.75 Å². The van der Waals surface area contributed by atoms with Crippen LogP contribution in [-0.2, 0) is 0 Å². The van der Waals surface area contributed by atoms with Gasteiger partial charge >= 0.3 is 0 Å². The van der Waals surface area contributed by atoms with E-state index in [1.807, 2.05) is 0 Å². The second-order valence-corrected chi connectivity index (χ2v) is 6.38. The number of ether oxygens (including phenoxy) is 1. The summed E-state index contributed by atoms with van der Waals surface area (Å²) < 4.78 is 5.73. The molecule has 1 aliphatic heterocycles. The number of nitrogen functional groups attached to an aromatic ring is 1. The minimum absolute atomic E-state index is 0.0498. The quantitative estimate of drug-likeness (QED) is 0.418. The van der Waals surface area contributed by atoms with E-state index in [9.17, 15) is 19.5 Å². The Hall–Kier alpha value is -2.35. The van der Waals surface area contributed by atoms with Gasteiger partial charge in [0, 0.05) is 12.0 Å². The van der Waals surface area contributed by atoms with Crippen LogP contribution in [0.2, 0.25) is 0 Å². The maximum Gasteiger partial charge on any atom is 0.200 e. The first-order chi connectivity index (χ1) is 11.1. The SMILES string of the molecule is [B]C(=O)N[C@@H](CO)CC(=O)c1ccc2c(c1N)C(=O)CC(C)(C)O2. The molecule has 126 valence electrons. The zero-order valence-electron chi connectivity index (χ0n) is 13.6. The van der Waals surface area contributed by atoms with Crippen LogP contribution < -0.4 is 15.8 Å². The van der Waals surface area contributed by atoms with Gasteiger partial charge in [-0.3, -0.25) is 14.4 Å². The smallest absolute Gasteiger partial charge is 0.200 e. The van der Waals surface area contributed by atoms with Crippen LogP contribution in [0, 0.1) is 0 Å². The molecule has 2 rings (SSSR count). The van der Waals surface area contributed by atoms with Crippen molar-refractivity contribution < 1.29 is 24.2 Å². The Kier molecular flexibility index (Phi) is 4.98. The van der Waals surface area contributed by atoms with Crippen molar-refractivity contribution in [2.75, 3.05) is 12.3 Å². The van der Waals surface area contributed by atoms with E-state index in [0.717, 1.165) is 0 Å². The van der Waals surface area contributed by atoms with E-state index in [1.54, 1.807) is 13.8 Å². The molecule has 1 atom stereocenters. The molecule has 1 aliphatic rings. The summed E-state index contributed by atoms with van der Waals surface area (Å²) in [5.41, 5.74) is 5.77. The predicted octanol–water partition coefficient (Wildman–Crippen LogP) is 0.824. The van der Waals surface area contributed by atoms with Crippen molar-refractivity contribution in [1.82, 2.24) is 5.32 Å². The lowest BCUT2D eigenvalue weighted by Gasteiger charge is -2.32. The minimum Gasteiger partial charge on any atom is -0.487 e. The van der Waals surface area contributed by atoms with E-state index < -0.39 is 29.8 Å². The minimum atomic E-state index is -0.842. The number of carbonyl (C=O) groups is 3. The summed E-state index contributed by atoms with van der Waals surface area (Å²) in [7, 11) is 4.99. The molecule has 2 radical (unpaired) electrons. The van der Waals surface area contributed by atoms with Crippen LogP contribution in [0.25, 0.3) is 0 Å². The van der Waals surface area contributed by atoms with Crippen molar-refractivity contribution in [2.24, 2.45) is 0 Å². The third-order valence-electron chi connectivity index (χ3n) is 3.76. The summed E-state index contributed by atoms with van der Waals surface area (Å²) in [6.07, 6.45) is -0.0344. The molecule has 1 aromatic carbocycles. The van der Waals surface area contributed by atoms with Gasteiger partial charge in [0.15, 0.2) is 17.4 Å². The van der Waals surface area contributed by atoms with E-state index in [0.29, 0.717) is 5.75 Å². The van der Waals surface area contributed by atoms with Crippen LogP contribution in [0.5, 0.6) is 5.75 Å². The third kappa shape index (κ3) is 3.76. The molecule has 0 aliphatic carbocycles. The molecule has 1 aromatic rings. The number of hydrogen-bond donors (Lipinski definition) is 3. The molecule has 0 bridgehead atoms. The number of anilines is 1. The highest BCUT2D eigenvalue weighted by Gasteiger charge is 2.35. The summed E-state index contributed by atoms with van der Waals surface area (Å²) in [6, 6.07) is 2.19. The van der Waals surface area contributed by atoms with Gasteiger partial charge in [-0.1, -0.05) is 0 Å². The number of hydrogen-bond acceptors (Lipinski definition) is 6. The Morgan fingerprint density at radius 2 is 2.12 bits per heavy atom. The van der Waals surface area contributed by atoms with Gasteiger partial charge in [0.2, 0.25) is 7.85 Å². The number of ketones is 2. The number of nitrogens with two attached hydrogens (primary N) is 1. The van der Waals surface area contributed by atoms with Gasteiger partial charge in [-0.2, -0.15) is 0 Å². The molecular formula is C16H19BN2O5. The Bertz CT molecular complexity index is 702. The lowest BCUT2D eigenvalue weighted by atomic mass is 9.89. The first kappa shape index (κ1) is 18.0. The van der Waals surface area contributed by atoms with Gasteiger partial charge in [0.25, 0.3) is 0 Å². The van der Waals surface area contributed by atoms with Gasteiger partial charge < -0.3 is 20.9 Å². The zero-order valence-corrected chi connectivity index (χ0v) is 13.6. The number of benzene rings is 1. The lowest BCUT2D eigenvalue weighted by Crippen LogP contribution is -2.38. The summed E-state index contributed by atoms with van der Waals surface area (Å²) in [6.45, 7) is 3.14. The van der Waals surface area contributed by atoms with Gasteiger partial charge in [-0.05, 0) is 26.0 Å². The Morgan fingerprint density at radius 3 is 2.71 bits per heavy atom. The van der Waals surface area contributed by atoms with Crippen LogP contribution in [-0.4, -0.2) is 48.6 Å². The Labute approximate surface area is 141 Å². The van der Waals surface area contributed by atoms with Crippen LogP contribution >= 0.6 is 0 Å². The number of Topliss-reactive ketones (excluding diaryl/α,β-unsaturated/α-hetero) is 2. The van der Waals surface area contributed by atoms with E-state index in [4.69, 9.17) is 18.3 Å². The number of aliphatic hydroxyl groups excluding tert-OH is 1. The Morgan fingerprint density at radius 1 is 1.46 bits per heavy atom. The van der Waals surface area contributed by atoms with Gasteiger partial charge in [-0.15, -0.1) is 0 Å². The summed E-state index contributed by atoms with van der Waals surface area (Å²) in [5, 5.41) is 11.5. The zero-order chi connectivity index (χ0) is 18.1. The number of nitrogens with one attached hydrogen (secondary N) is 1. The molecular weight excluding hydrogens is 311 g/mol. The number of rotatable bonds is 5. The van der Waals surface area contributed by atoms with Gasteiger partial charge in [-0.25, -0.2) is 0 Å².